The van der Waals surface area contributed by atoms with E-state index in [2.05, 4.69) is 20.5 Å². The summed E-state index contributed by atoms with van der Waals surface area (Å²) in [7, 11) is 1.52. The molecule has 0 aliphatic heterocycles. The van der Waals surface area contributed by atoms with Crippen LogP contribution in [0.25, 0.3) is 23.1 Å². The number of methoxy groups -OCH3 is 1. The molecule has 2 N–H and O–H groups in total. The molecule has 0 radical (unpaired) electrons. The standard InChI is InChI=1S/C23H20N4O4/c1-14(28)18-8-5-15(12-24-18)6-9-19-21-20(27-26-19)10-7-17(22(21)30-2)23(29)25-13-16-4-3-11-31-16/h3-12H,13H2,1-2H3,(H,25,29)(H,26,27). The van der Waals surface area contributed by atoms with E-state index >= 15 is 0 Å². The Morgan fingerprint density at radius 2 is 2.06 bits per heavy atom. The SMILES string of the molecule is COc1c(C(=O)NCc2ccco2)ccc2[nH]nc(C=Cc3ccc(C(C)=O)nc3)c12. The molecule has 0 aliphatic carbocycles. The highest BCUT2D eigenvalue weighted by Gasteiger charge is 2.19. The summed E-state index contributed by atoms with van der Waals surface area (Å²) in [6, 6.07) is 10.5. The van der Waals surface area contributed by atoms with Crippen LogP contribution in [0.3, 0.4) is 0 Å². The van der Waals surface area contributed by atoms with E-state index in [4.69, 9.17) is 9.15 Å². The van der Waals surface area contributed by atoms with Gasteiger partial charge in [-0.25, -0.2) is 0 Å². The minimum absolute atomic E-state index is 0.0867. The first kappa shape index (κ1) is 20.1. The average Bonchev–Trinajstić information content (AvgIpc) is 3.45. The number of carbonyl (C=O) groups is 2. The number of benzene rings is 1. The molecule has 0 spiro atoms. The fourth-order valence-corrected chi connectivity index (χ4v) is 3.18. The normalized spacial score (nSPS) is 11.2. The van der Waals surface area contributed by atoms with Gasteiger partial charge in [0.15, 0.2) is 5.78 Å². The number of H-pyrrole nitrogens is 1. The number of aromatic amines is 1. The molecule has 8 nitrogen and oxygen atoms in total. The fraction of sp³-hybridized carbons (Fsp3) is 0.130. The highest BCUT2D eigenvalue weighted by atomic mass is 16.5. The molecule has 0 bridgehead atoms. The van der Waals surface area contributed by atoms with Crippen LogP contribution in [0.5, 0.6) is 5.75 Å². The summed E-state index contributed by atoms with van der Waals surface area (Å²) in [5, 5.41) is 10.8. The van der Waals surface area contributed by atoms with E-state index in [9.17, 15) is 9.59 Å². The summed E-state index contributed by atoms with van der Waals surface area (Å²) in [5.41, 5.74) is 2.97. The topological polar surface area (TPSA) is 110 Å². The van der Waals surface area contributed by atoms with Crippen LogP contribution in [0.15, 0.2) is 53.3 Å². The molecular formula is C23H20N4O4. The maximum atomic E-state index is 12.7. The number of ketones is 1. The van der Waals surface area contributed by atoms with Crippen LogP contribution in [-0.2, 0) is 6.54 Å². The number of fused-ring (bicyclic) bond motifs is 1. The van der Waals surface area contributed by atoms with Gasteiger partial charge in [0.2, 0.25) is 0 Å². The highest BCUT2D eigenvalue weighted by molar-refractivity contribution is 6.05. The summed E-state index contributed by atoms with van der Waals surface area (Å²) >= 11 is 0. The zero-order chi connectivity index (χ0) is 21.8. The van der Waals surface area contributed by atoms with Gasteiger partial charge in [0.05, 0.1) is 42.1 Å². The molecule has 4 rings (SSSR count). The third-order valence-corrected chi connectivity index (χ3v) is 4.74. The van der Waals surface area contributed by atoms with Gasteiger partial charge in [0, 0.05) is 13.1 Å². The molecule has 0 saturated heterocycles. The molecule has 31 heavy (non-hydrogen) atoms. The lowest BCUT2D eigenvalue weighted by molar-refractivity contribution is 0.0944. The van der Waals surface area contributed by atoms with Gasteiger partial charge in [-0.2, -0.15) is 5.10 Å². The summed E-state index contributed by atoms with van der Waals surface area (Å²) in [6.07, 6.45) is 6.81. The Morgan fingerprint density at radius 3 is 2.74 bits per heavy atom. The van der Waals surface area contributed by atoms with Gasteiger partial charge in [-0.15, -0.1) is 0 Å². The van der Waals surface area contributed by atoms with Crippen LogP contribution >= 0.6 is 0 Å². The lowest BCUT2D eigenvalue weighted by atomic mass is 10.1. The lowest BCUT2D eigenvalue weighted by Gasteiger charge is -2.10. The second kappa shape index (κ2) is 8.66. The van der Waals surface area contributed by atoms with Crippen molar-refractivity contribution >= 4 is 34.7 Å². The predicted octanol–water partition coefficient (Wildman–Crippen LogP) is 3.86. The molecule has 1 amide bonds. The molecule has 0 saturated carbocycles. The minimum atomic E-state index is -0.282. The van der Waals surface area contributed by atoms with Crippen molar-refractivity contribution in [2.24, 2.45) is 0 Å². The molecule has 0 fully saturated rings. The van der Waals surface area contributed by atoms with E-state index < -0.39 is 0 Å². The molecular weight excluding hydrogens is 396 g/mol. The first-order valence-electron chi connectivity index (χ1n) is 9.57. The third kappa shape index (κ3) is 4.23. The Kier molecular flexibility index (Phi) is 5.61. The number of ether oxygens (including phenoxy) is 1. The zero-order valence-corrected chi connectivity index (χ0v) is 17.0. The second-order valence-electron chi connectivity index (χ2n) is 6.81. The summed E-state index contributed by atoms with van der Waals surface area (Å²) in [6.45, 7) is 1.75. The molecule has 0 unspecified atom stereocenters. The predicted molar refractivity (Wildman–Crippen MR) is 116 cm³/mol. The van der Waals surface area contributed by atoms with Crippen molar-refractivity contribution in [2.45, 2.75) is 13.5 Å². The maximum Gasteiger partial charge on any atom is 0.255 e. The number of pyridine rings is 1. The fourth-order valence-electron chi connectivity index (χ4n) is 3.18. The van der Waals surface area contributed by atoms with E-state index in [1.165, 1.54) is 14.0 Å². The Morgan fingerprint density at radius 1 is 1.19 bits per heavy atom. The smallest absolute Gasteiger partial charge is 0.255 e. The Bertz CT molecular complexity index is 1250. The van der Waals surface area contributed by atoms with Gasteiger partial charge in [0.1, 0.15) is 17.2 Å². The first-order chi connectivity index (χ1) is 15.1. The highest BCUT2D eigenvalue weighted by Crippen LogP contribution is 2.32. The van der Waals surface area contributed by atoms with Gasteiger partial charge in [-0.05, 0) is 42.0 Å². The first-order valence-corrected chi connectivity index (χ1v) is 9.57. The molecule has 156 valence electrons. The van der Waals surface area contributed by atoms with E-state index in [1.807, 2.05) is 6.08 Å². The number of Topliss-reactive ketones (excluding diaryl/α,β-unsaturated/α-hetero) is 1. The van der Waals surface area contributed by atoms with Crippen LogP contribution in [0.2, 0.25) is 0 Å². The van der Waals surface area contributed by atoms with Crippen molar-refractivity contribution in [2.75, 3.05) is 7.11 Å². The maximum absolute atomic E-state index is 12.7. The number of carbonyl (C=O) groups excluding carboxylic acids is 2. The Labute approximate surface area is 177 Å². The number of hydrogen-bond acceptors (Lipinski definition) is 6. The van der Waals surface area contributed by atoms with Gasteiger partial charge >= 0.3 is 0 Å². The minimum Gasteiger partial charge on any atom is -0.495 e. The van der Waals surface area contributed by atoms with Crippen molar-refractivity contribution in [3.05, 3.63) is 77.1 Å². The van der Waals surface area contributed by atoms with E-state index in [1.54, 1.807) is 54.9 Å². The van der Waals surface area contributed by atoms with E-state index in [0.29, 0.717) is 33.8 Å². The summed E-state index contributed by atoms with van der Waals surface area (Å²) in [4.78, 5) is 28.3. The van der Waals surface area contributed by atoms with Crippen molar-refractivity contribution in [3.8, 4) is 5.75 Å². The molecule has 3 aromatic heterocycles. The van der Waals surface area contributed by atoms with Gasteiger partial charge < -0.3 is 14.5 Å². The number of aromatic nitrogens is 3. The van der Waals surface area contributed by atoms with Gasteiger partial charge in [0.25, 0.3) is 5.91 Å². The van der Waals surface area contributed by atoms with Crippen molar-refractivity contribution in [1.29, 1.82) is 0 Å². The Hall–Kier alpha value is -4.20. The number of nitrogens with zero attached hydrogens (tertiary/aromatic N) is 2. The van der Waals surface area contributed by atoms with Gasteiger partial charge in [-0.1, -0.05) is 12.1 Å². The summed E-state index contributed by atoms with van der Waals surface area (Å²) < 4.78 is 10.8. The van der Waals surface area contributed by atoms with Gasteiger partial charge in [-0.3, -0.25) is 19.7 Å². The Balaban J connectivity index is 1.63. The molecule has 4 aromatic rings. The molecule has 1 aromatic carbocycles. The largest absolute Gasteiger partial charge is 0.495 e. The number of hydrogen-bond donors (Lipinski definition) is 2. The quantitative estimate of drug-likeness (QED) is 0.443. The molecule has 8 heteroatoms. The van der Waals surface area contributed by atoms with Crippen LogP contribution in [0.1, 0.15) is 44.8 Å². The van der Waals surface area contributed by atoms with Crippen LogP contribution in [0, 0.1) is 0 Å². The molecule has 0 aliphatic rings. The molecule has 3 heterocycles. The number of rotatable bonds is 7. The van der Waals surface area contributed by atoms with Crippen molar-refractivity contribution in [1.82, 2.24) is 20.5 Å². The number of amides is 1. The monoisotopic (exact) mass is 416 g/mol. The van der Waals surface area contributed by atoms with Crippen molar-refractivity contribution < 1.29 is 18.7 Å². The van der Waals surface area contributed by atoms with Crippen molar-refractivity contribution in [3.63, 3.8) is 0 Å². The number of furan rings is 1. The average molecular weight is 416 g/mol. The van der Waals surface area contributed by atoms with Crippen LogP contribution in [0.4, 0.5) is 0 Å². The van der Waals surface area contributed by atoms with Crippen LogP contribution in [-0.4, -0.2) is 34.0 Å². The summed E-state index contributed by atoms with van der Waals surface area (Å²) in [5.74, 6) is 0.712. The third-order valence-electron chi connectivity index (χ3n) is 4.74. The van der Waals surface area contributed by atoms with E-state index in [0.717, 1.165) is 11.1 Å². The lowest BCUT2D eigenvalue weighted by Crippen LogP contribution is -2.23. The van der Waals surface area contributed by atoms with E-state index in [-0.39, 0.29) is 18.2 Å². The zero-order valence-electron chi connectivity index (χ0n) is 17.0. The van der Waals surface area contributed by atoms with Crippen LogP contribution < -0.4 is 10.1 Å². The second-order valence-corrected chi connectivity index (χ2v) is 6.81. The molecule has 0 atom stereocenters. The number of nitrogens with one attached hydrogen (secondary N) is 2.